The van der Waals surface area contributed by atoms with Crippen molar-refractivity contribution < 1.29 is 23.4 Å². The van der Waals surface area contributed by atoms with Crippen LogP contribution in [0.1, 0.15) is 10.4 Å². The molecule has 0 N–H and O–H groups in total. The quantitative estimate of drug-likeness (QED) is 0.804. The van der Waals surface area contributed by atoms with E-state index in [0.29, 0.717) is 22.8 Å². The zero-order chi connectivity index (χ0) is 13.9. The Morgan fingerprint density at radius 1 is 1.10 bits per heavy atom. The molecule has 1 aliphatic rings. The number of fused-ring (bicyclic) bond motifs is 1. The summed E-state index contributed by atoms with van der Waals surface area (Å²) in [6.45, 7) is 0.0680. The van der Waals surface area contributed by atoms with Gasteiger partial charge in [0.2, 0.25) is 6.79 Å². The van der Waals surface area contributed by atoms with Gasteiger partial charge in [-0.3, -0.25) is 4.79 Å². The molecule has 1 aliphatic heterocycles. The lowest BCUT2D eigenvalue weighted by molar-refractivity contribution is 0.0921. The molecule has 4 nitrogen and oxygen atoms in total. The van der Waals surface area contributed by atoms with Crippen LogP contribution in [0.15, 0.2) is 42.5 Å². The van der Waals surface area contributed by atoms with E-state index in [1.54, 1.807) is 18.2 Å². The van der Waals surface area contributed by atoms with Crippen molar-refractivity contribution in [3.63, 3.8) is 0 Å². The molecule has 0 unspecified atom stereocenters. The van der Waals surface area contributed by atoms with E-state index in [1.165, 1.54) is 24.3 Å². The molecule has 2 aromatic carbocycles. The minimum Gasteiger partial charge on any atom is -0.485 e. The lowest BCUT2D eigenvalue weighted by atomic mass is 10.1. The first-order valence-electron chi connectivity index (χ1n) is 6.03. The van der Waals surface area contributed by atoms with Crippen LogP contribution in [0.4, 0.5) is 4.39 Å². The van der Waals surface area contributed by atoms with Crippen LogP contribution in [0, 0.1) is 5.82 Å². The van der Waals surface area contributed by atoms with Crippen molar-refractivity contribution in [1.29, 1.82) is 0 Å². The third-order valence-corrected chi connectivity index (χ3v) is 2.88. The molecule has 0 saturated heterocycles. The van der Waals surface area contributed by atoms with Gasteiger partial charge in [-0.25, -0.2) is 4.39 Å². The zero-order valence-electron chi connectivity index (χ0n) is 10.5. The highest BCUT2D eigenvalue weighted by atomic mass is 19.1. The van der Waals surface area contributed by atoms with E-state index < -0.39 is 0 Å². The third kappa shape index (κ3) is 2.56. The maximum Gasteiger partial charge on any atom is 0.231 e. The molecule has 0 atom stereocenters. The Hall–Kier alpha value is -2.56. The lowest BCUT2D eigenvalue weighted by Crippen LogP contribution is -2.11. The number of Topliss-reactive ketones (excluding diaryl/α,β-unsaturated/α-hetero) is 1. The van der Waals surface area contributed by atoms with Crippen molar-refractivity contribution in [2.24, 2.45) is 0 Å². The number of halogens is 1. The van der Waals surface area contributed by atoms with Gasteiger partial charge in [0, 0.05) is 11.6 Å². The molecule has 0 aliphatic carbocycles. The molecule has 0 amide bonds. The average molecular weight is 274 g/mol. The minimum atomic E-state index is -0.377. The monoisotopic (exact) mass is 274 g/mol. The van der Waals surface area contributed by atoms with Crippen LogP contribution < -0.4 is 14.2 Å². The lowest BCUT2D eigenvalue weighted by Gasteiger charge is -2.06. The van der Waals surface area contributed by atoms with Gasteiger partial charge in [-0.1, -0.05) is 0 Å². The summed E-state index contributed by atoms with van der Waals surface area (Å²) in [6.07, 6.45) is 0. The van der Waals surface area contributed by atoms with Crippen molar-refractivity contribution in [1.82, 2.24) is 0 Å². The number of rotatable bonds is 4. The molecule has 0 fully saturated rings. The van der Waals surface area contributed by atoms with Crippen LogP contribution in [0.2, 0.25) is 0 Å². The molecule has 0 saturated carbocycles. The van der Waals surface area contributed by atoms with Crippen molar-refractivity contribution in [2.45, 2.75) is 0 Å². The SMILES string of the molecule is O=C(COc1ccc2c(c1)OCO2)c1ccc(F)cc1. The summed E-state index contributed by atoms with van der Waals surface area (Å²) < 4.78 is 28.6. The third-order valence-electron chi connectivity index (χ3n) is 2.88. The van der Waals surface area contributed by atoms with E-state index in [4.69, 9.17) is 14.2 Å². The van der Waals surface area contributed by atoms with Crippen molar-refractivity contribution in [3.05, 3.63) is 53.8 Å². The van der Waals surface area contributed by atoms with Gasteiger partial charge in [-0.05, 0) is 36.4 Å². The molecule has 1 heterocycles. The normalized spacial score (nSPS) is 12.2. The standard InChI is InChI=1S/C15H11FO4/c16-11-3-1-10(2-4-11)13(17)8-18-12-5-6-14-15(7-12)20-9-19-14/h1-7H,8-9H2. The molecular formula is C15H11FO4. The van der Waals surface area contributed by atoms with Crippen LogP contribution in [-0.2, 0) is 0 Å². The summed E-state index contributed by atoms with van der Waals surface area (Å²) in [6, 6.07) is 10.4. The number of hydrogen-bond acceptors (Lipinski definition) is 4. The Balaban J connectivity index is 1.64. The maximum atomic E-state index is 12.8. The van der Waals surface area contributed by atoms with E-state index in [-0.39, 0.29) is 25.0 Å². The average Bonchev–Trinajstić information content (AvgIpc) is 2.93. The summed E-state index contributed by atoms with van der Waals surface area (Å²) in [5.41, 5.74) is 0.409. The second-order valence-corrected chi connectivity index (χ2v) is 4.23. The Morgan fingerprint density at radius 3 is 2.65 bits per heavy atom. The largest absolute Gasteiger partial charge is 0.485 e. The van der Waals surface area contributed by atoms with Gasteiger partial charge in [0.05, 0.1) is 0 Å². The predicted molar refractivity (Wildman–Crippen MR) is 68.8 cm³/mol. The Morgan fingerprint density at radius 2 is 1.85 bits per heavy atom. The molecular weight excluding hydrogens is 263 g/mol. The second kappa shape index (κ2) is 5.21. The van der Waals surface area contributed by atoms with Crippen molar-refractivity contribution in [2.75, 3.05) is 13.4 Å². The first-order chi connectivity index (χ1) is 9.72. The summed E-state index contributed by atoms with van der Waals surface area (Å²) in [4.78, 5) is 11.9. The van der Waals surface area contributed by atoms with Crippen molar-refractivity contribution >= 4 is 5.78 Å². The molecule has 2 aromatic rings. The Bertz CT molecular complexity index is 637. The summed E-state index contributed by atoms with van der Waals surface area (Å²) in [5, 5.41) is 0. The van der Waals surface area contributed by atoms with Gasteiger partial charge in [-0.2, -0.15) is 0 Å². The van der Waals surface area contributed by atoms with Gasteiger partial charge in [0.1, 0.15) is 11.6 Å². The fourth-order valence-electron chi connectivity index (χ4n) is 1.83. The van der Waals surface area contributed by atoms with Gasteiger partial charge >= 0.3 is 0 Å². The van der Waals surface area contributed by atoms with Gasteiger partial charge in [-0.15, -0.1) is 0 Å². The van der Waals surface area contributed by atoms with Crippen LogP contribution in [0.3, 0.4) is 0 Å². The fraction of sp³-hybridized carbons (Fsp3) is 0.133. The Labute approximate surface area is 114 Å². The van der Waals surface area contributed by atoms with E-state index >= 15 is 0 Å². The minimum absolute atomic E-state index is 0.120. The number of ketones is 1. The molecule has 5 heteroatoms. The highest BCUT2D eigenvalue weighted by Gasteiger charge is 2.14. The molecule has 0 radical (unpaired) electrons. The molecule has 0 aromatic heterocycles. The second-order valence-electron chi connectivity index (χ2n) is 4.23. The number of benzene rings is 2. The van der Waals surface area contributed by atoms with E-state index in [1.807, 2.05) is 0 Å². The number of hydrogen-bond donors (Lipinski definition) is 0. The van der Waals surface area contributed by atoms with E-state index in [9.17, 15) is 9.18 Å². The molecule has 102 valence electrons. The molecule has 20 heavy (non-hydrogen) atoms. The first kappa shape index (κ1) is 12.5. The van der Waals surface area contributed by atoms with E-state index in [0.717, 1.165) is 0 Å². The van der Waals surface area contributed by atoms with Crippen LogP contribution in [0.5, 0.6) is 17.2 Å². The number of carbonyl (C=O) groups is 1. The fourth-order valence-corrected chi connectivity index (χ4v) is 1.83. The smallest absolute Gasteiger partial charge is 0.231 e. The van der Waals surface area contributed by atoms with Gasteiger partial charge in [0.25, 0.3) is 0 Å². The summed E-state index contributed by atoms with van der Waals surface area (Å²) in [5.74, 6) is 1.17. The van der Waals surface area contributed by atoms with Gasteiger partial charge < -0.3 is 14.2 Å². The predicted octanol–water partition coefficient (Wildman–Crippen LogP) is 2.82. The summed E-state index contributed by atoms with van der Waals surface area (Å²) in [7, 11) is 0. The molecule has 3 rings (SSSR count). The Kier molecular flexibility index (Phi) is 3.25. The number of ether oxygens (including phenoxy) is 3. The number of carbonyl (C=O) groups excluding carboxylic acids is 1. The first-order valence-corrected chi connectivity index (χ1v) is 6.03. The highest BCUT2D eigenvalue weighted by molar-refractivity contribution is 5.97. The topological polar surface area (TPSA) is 44.8 Å². The van der Waals surface area contributed by atoms with Crippen LogP contribution in [-0.4, -0.2) is 19.2 Å². The molecule has 0 bridgehead atoms. The van der Waals surface area contributed by atoms with Crippen LogP contribution in [0.25, 0.3) is 0 Å². The van der Waals surface area contributed by atoms with E-state index in [2.05, 4.69) is 0 Å². The molecule has 0 spiro atoms. The summed E-state index contributed by atoms with van der Waals surface area (Å²) >= 11 is 0. The maximum absolute atomic E-state index is 12.8. The van der Waals surface area contributed by atoms with Gasteiger partial charge in [0.15, 0.2) is 23.9 Å². The van der Waals surface area contributed by atoms with Crippen LogP contribution >= 0.6 is 0 Å². The zero-order valence-corrected chi connectivity index (χ0v) is 10.5. The highest BCUT2D eigenvalue weighted by Crippen LogP contribution is 2.35. The van der Waals surface area contributed by atoms with Crippen molar-refractivity contribution in [3.8, 4) is 17.2 Å².